The molecule has 0 unspecified atom stereocenters. The van der Waals surface area contributed by atoms with Crippen LogP contribution in [-0.2, 0) is 9.53 Å². The standard InChI is InChI=1S/C13H20N2O3/c1-11(9-14)15-13(16)10-17-7-8-18-12-5-3-2-4-6-12/h2-6,11H,7-10,14H2,1H3,(H,15,16)/t11-/m0/s1. The minimum Gasteiger partial charge on any atom is -0.491 e. The monoisotopic (exact) mass is 252 g/mol. The average Bonchev–Trinajstić information content (AvgIpc) is 2.39. The van der Waals surface area contributed by atoms with E-state index in [4.69, 9.17) is 15.2 Å². The first kappa shape index (κ1) is 14.5. The second-order valence-electron chi connectivity index (χ2n) is 3.92. The number of carbonyl (C=O) groups is 1. The lowest BCUT2D eigenvalue weighted by molar-refractivity contribution is -0.126. The highest BCUT2D eigenvalue weighted by atomic mass is 16.5. The smallest absolute Gasteiger partial charge is 0.246 e. The SMILES string of the molecule is C[C@@H](CN)NC(=O)COCCOc1ccccc1. The van der Waals surface area contributed by atoms with Gasteiger partial charge < -0.3 is 20.5 Å². The summed E-state index contributed by atoms with van der Waals surface area (Å²) in [6.45, 7) is 3.09. The second kappa shape index (κ2) is 8.49. The van der Waals surface area contributed by atoms with Crippen molar-refractivity contribution in [2.45, 2.75) is 13.0 Å². The lowest BCUT2D eigenvalue weighted by Gasteiger charge is -2.11. The normalized spacial score (nSPS) is 11.9. The van der Waals surface area contributed by atoms with Gasteiger partial charge in [0.1, 0.15) is 19.0 Å². The molecule has 1 rings (SSSR count). The molecule has 0 spiro atoms. The Morgan fingerprint density at radius 3 is 2.72 bits per heavy atom. The predicted octanol–water partition coefficient (Wildman–Crippen LogP) is 0.545. The van der Waals surface area contributed by atoms with Crippen LogP contribution in [-0.4, -0.2) is 38.3 Å². The first-order valence-electron chi connectivity index (χ1n) is 5.97. The van der Waals surface area contributed by atoms with E-state index in [1.54, 1.807) is 0 Å². The molecule has 5 heteroatoms. The van der Waals surface area contributed by atoms with Crippen LogP contribution in [0.5, 0.6) is 5.75 Å². The Hall–Kier alpha value is -1.59. The number of para-hydroxylation sites is 1. The van der Waals surface area contributed by atoms with Crippen LogP contribution < -0.4 is 15.8 Å². The lowest BCUT2D eigenvalue weighted by atomic mass is 10.3. The lowest BCUT2D eigenvalue weighted by Crippen LogP contribution is -2.39. The zero-order chi connectivity index (χ0) is 13.2. The molecular formula is C13H20N2O3. The van der Waals surface area contributed by atoms with Crippen molar-refractivity contribution >= 4 is 5.91 Å². The number of hydrogen-bond acceptors (Lipinski definition) is 4. The van der Waals surface area contributed by atoms with Crippen LogP contribution in [0.1, 0.15) is 6.92 Å². The molecule has 0 radical (unpaired) electrons. The molecule has 1 aromatic rings. The van der Waals surface area contributed by atoms with E-state index in [9.17, 15) is 4.79 Å². The van der Waals surface area contributed by atoms with Crippen LogP contribution in [0.3, 0.4) is 0 Å². The maximum Gasteiger partial charge on any atom is 0.246 e. The maximum atomic E-state index is 11.3. The molecule has 3 N–H and O–H groups in total. The predicted molar refractivity (Wildman–Crippen MR) is 69.4 cm³/mol. The molecule has 5 nitrogen and oxygen atoms in total. The fraction of sp³-hybridized carbons (Fsp3) is 0.462. The molecule has 0 bridgehead atoms. The zero-order valence-corrected chi connectivity index (χ0v) is 10.6. The number of benzene rings is 1. The van der Waals surface area contributed by atoms with E-state index in [-0.39, 0.29) is 18.6 Å². The Kier molecular flexibility index (Phi) is 6.83. The summed E-state index contributed by atoms with van der Waals surface area (Å²) in [6, 6.07) is 9.44. The molecular weight excluding hydrogens is 232 g/mol. The topological polar surface area (TPSA) is 73.6 Å². The largest absolute Gasteiger partial charge is 0.491 e. The summed E-state index contributed by atoms with van der Waals surface area (Å²) in [7, 11) is 0. The van der Waals surface area contributed by atoms with Gasteiger partial charge in [0.25, 0.3) is 0 Å². The van der Waals surface area contributed by atoms with E-state index in [1.165, 1.54) is 0 Å². The van der Waals surface area contributed by atoms with Crippen LogP contribution >= 0.6 is 0 Å². The summed E-state index contributed by atoms with van der Waals surface area (Å²) in [4.78, 5) is 11.3. The minimum absolute atomic E-state index is 0.0262. The molecule has 0 saturated heterocycles. The van der Waals surface area contributed by atoms with Crippen LogP contribution in [0, 0.1) is 0 Å². The highest BCUT2D eigenvalue weighted by molar-refractivity contribution is 5.77. The van der Waals surface area contributed by atoms with E-state index in [0.29, 0.717) is 19.8 Å². The summed E-state index contributed by atoms with van der Waals surface area (Å²) in [5.74, 6) is 0.634. The first-order chi connectivity index (χ1) is 8.72. The highest BCUT2D eigenvalue weighted by Gasteiger charge is 2.05. The quantitative estimate of drug-likeness (QED) is 0.662. The zero-order valence-electron chi connectivity index (χ0n) is 10.6. The van der Waals surface area contributed by atoms with Crippen molar-refractivity contribution < 1.29 is 14.3 Å². The molecule has 1 aromatic carbocycles. The van der Waals surface area contributed by atoms with Crippen molar-refractivity contribution in [3.63, 3.8) is 0 Å². The van der Waals surface area contributed by atoms with Crippen LogP contribution in [0.15, 0.2) is 30.3 Å². The van der Waals surface area contributed by atoms with Gasteiger partial charge >= 0.3 is 0 Å². The van der Waals surface area contributed by atoms with Gasteiger partial charge in [0.05, 0.1) is 6.61 Å². The molecule has 0 heterocycles. The van der Waals surface area contributed by atoms with E-state index >= 15 is 0 Å². The number of amides is 1. The molecule has 0 fully saturated rings. The van der Waals surface area contributed by atoms with Gasteiger partial charge in [0, 0.05) is 12.6 Å². The third-order valence-electron chi connectivity index (χ3n) is 2.23. The summed E-state index contributed by atoms with van der Waals surface area (Å²) >= 11 is 0. The average molecular weight is 252 g/mol. The Balaban J connectivity index is 2.03. The molecule has 0 aliphatic carbocycles. The van der Waals surface area contributed by atoms with Crippen LogP contribution in [0.4, 0.5) is 0 Å². The van der Waals surface area contributed by atoms with Crippen molar-refractivity contribution in [3.05, 3.63) is 30.3 Å². The van der Waals surface area contributed by atoms with Gasteiger partial charge in [0.2, 0.25) is 5.91 Å². The number of rotatable bonds is 8. The van der Waals surface area contributed by atoms with E-state index in [1.807, 2.05) is 37.3 Å². The van der Waals surface area contributed by atoms with Crippen molar-refractivity contribution in [2.24, 2.45) is 5.73 Å². The van der Waals surface area contributed by atoms with Crippen molar-refractivity contribution in [2.75, 3.05) is 26.4 Å². The molecule has 0 aliphatic heterocycles. The molecule has 0 aromatic heterocycles. The molecule has 100 valence electrons. The van der Waals surface area contributed by atoms with E-state index in [2.05, 4.69) is 5.32 Å². The number of carbonyl (C=O) groups excluding carboxylic acids is 1. The molecule has 0 saturated carbocycles. The van der Waals surface area contributed by atoms with Crippen molar-refractivity contribution in [1.82, 2.24) is 5.32 Å². The number of ether oxygens (including phenoxy) is 2. The van der Waals surface area contributed by atoms with Gasteiger partial charge in [-0.2, -0.15) is 0 Å². The molecule has 18 heavy (non-hydrogen) atoms. The van der Waals surface area contributed by atoms with Gasteiger partial charge in [-0.15, -0.1) is 0 Å². The summed E-state index contributed by atoms with van der Waals surface area (Å²) < 4.78 is 10.6. The molecule has 0 aliphatic rings. The third kappa shape index (κ3) is 6.22. The fourth-order valence-corrected chi connectivity index (χ4v) is 1.28. The van der Waals surface area contributed by atoms with Gasteiger partial charge in [-0.3, -0.25) is 4.79 Å². The Labute approximate surface area is 107 Å². The third-order valence-corrected chi connectivity index (χ3v) is 2.23. The van der Waals surface area contributed by atoms with Crippen molar-refractivity contribution in [3.8, 4) is 5.75 Å². The fourth-order valence-electron chi connectivity index (χ4n) is 1.28. The van der Waals surface area contributed by atoms with Gasteiger partial charge in [0.15, 0.2) is 0 Å². The van der Waals surface area contributed by atoms with Gasteiger partial charge in [-0.05, 0) is 19.1 Å². The summed E-state index contributed by atoms with van der Waals surface area (Å²) in [6.07, 6.45) is 0. The molecule has 1 atom stereocenters. The van der Waals surface area contributed by atoms with Gasteiger partial charge in [-0.25, -0.2) is 0 Å². The van der Waals surface area contributed by atoms with E-state index < -0.39 is 0 Å². The Morgan fingerprint density at radius 2 is 2.06 bits per heavy atom. The van der Waals surface area contributed by atoms with Crippen LogP contribution in [0.2, 0.25) is 0 Å². The molecule has 1 amide bonds. The van der Waals surface area contributed by atoms with Crippen molar-refractivity contribution in [1.29, 1.82) is 0 Å². The van der Waals surface area contributed by atoms with E-state index in [0.717, 1.165) is 5.75 Å². The number of nitrogens with one attached hydrogen (secondary N) is 1. The number of hydrogen-bond donors (Lipinski definition) is 2. The van der Waals surface area contributed by atoms with Crippen LogP contribution in [0.25, 0.3) is 0 Å². The summed E-state index contributed by atoms with van der Waals surface area (Å²) in [5, 5.41) is 2.71. The maximum absolute atomic E-state index is 11.3. The van der Waals surface area contributed by atoms with Gasteiger partial charge in [-0.1, -0.05) is 18.2 Å². The highest BCUT2D eigenvalue weighted by Crippen LogP contribution is 2.07. The second-order valence-corrected chi connectivity index (χ2v) is 3.92. The Bertz CT molecular complexity index is 343. The minimum atomic E-state index is -0.160. The Morgan fingerprint density at radius 1 is 1.33 bits per heavy atom. The summed E-state index contributed by atoms with van der Waals surface area (Å²) in [5.41, 5.74) is 5.39. The number of nitrogens with two attached hydrogens (primary N) is 1. The first-order valence-corrected chi connectivity index (χ1v) is 5.97.